The Balaban J connectivity index is 2.14. The first-order valence-electron chi connectivity index (χ1n) is 5.43. The van der Waals surface area contributed by atoms with E-state index in [2.05, 4.69) is 34.6 Å². The van der Waals surface area contributed by atoms with Crippen LogP contribution in [-0.2, 0) is 0 Å². The SMILES string of the molecule is CC(N)c1cnc(-c2csc3ccccc23)s1. The largest absolute Gasteiger partial charge is 0.323 e. The Hall–Kier alpha value is -1.23. The van der Waals surface area contributed by atoms with E-state index < -0.39 is 0 Å². The van der Waals surface area contributed by atoms with Gasteiger partial charge in [0.05, 0.1) is 0 Å². The molecular weight excluding hydrogens is 248 g/mol. The maximum atomic E-state index is 5.87. The van der Waals surface area contributed by atoms with Crippen LogP contribution in [0.25, 0.3) is 20.7 Å². The number of fused-ring (bicyclic) bond motifs is 1. The third-order valence-electron chi connectivity index (χ3n) is 2.68. The van der Waals surface area contributed by atoms with Gasteiger partial charge in [-0.05, 0) is 13.0 Å². The average molecular weight is 260 g/mol. The monoisotopic (exact) mass is 260 g/mol. The summed E-state index contributed by atoms with van der Waals surface area (Å²) >= 11 is 3.45. The summed E-state index contributed by atoms with van der Waals surface area (Å²) in [4.78, 5) is 5.61. The molecule has 3 rings (SSSR count). The van der Waals surface area contributed by atoms with Gasteiger partial charge in [-0.1, -0.05) is 18.2 Å². The molecule has 0 aliphatic heterocycles. The van der Waals surface area contributed by atoms with Gasteiger partial charge < -0.3 is 5.73 Å². The van der Waals surface area contributed by atoms with E-state index in [1.54, 1.807) is 22.7 Å². The van der Waals surface area contributed by atoms with Gasteiger partial charge in [0.2, 0.25) is 0 Å². The summed E-state index contributed by atoms with van der Waals surface area (Å²) in [6.45, 7) is 1.99. The van der Waals surface area contributed by atoms with Gasteiger partial charge in [-0.2, -0.15) is 0 Å². The lowest BCUT2D eigenvalue weighted by Crippen LogP contribution is -2.01. The van der Waals surface area contributed by atoms with Crippen molar-refractivity contribution in [2.45, 2.75) is 13.0 Å². The van der Waals surface area contributed by atoms with Crippen LogP contribution >= 0.6 is 22.7 Å². The molecule has 1 aromatic carbocycles. The van der Waals surface area contributed by atoms with E-state index >= 15 is 0 Å². The van der Waals surface area contributed by atoms with Crippen LogP contribution in [0.1, 0.15) is 17.8 Å². The summed E-state index contributed by atoms with van der Waals surface area (Å²) in [5.74, 6) is 0. The minimum atomic E-state index is 0.0612. The van der Waals surface area contributed by atoms with Crippen LogP contribution in [0.4, 0.5) is 0 Å². The first-order chi connectivity index (χ1) is 8.25. The first kappa shape index (κ1) is 10.9. The number of nitrogens with zero attached hydrogens (tertiary/aromatic N) is 1. The Morgan fingerprint density at radius 2 is 2.12 bits per heavy atom. The van der Waals surface area contributed by atoms with E-state index in [4.69, 9.17) is 5.73 Å². The van der Waals surface area contributed by atoms with Crippen molar-refractivity contribution in [2.75, 3.05) is 0 Å². The van der Waals surface area contributed by atoms with Crippen LogP contribution in [0.5, 0.6) is 0 Å². The second-order valence-corrected chi connectivity index (χ2v) is 5.98. The van der Waals surface area contributed by atoms with Gasteiger partial charge in [0.15, 0.2) is 0 Å². The van der Waals surface area contributed by atoms with Crippen molar-refractivity contribution < 1.29 is 0 Å². The molecule has 1 unspecified atom stereocenters. The molecule has 3 aromatic rings. The summed E-state index contributed by atoms with van der Waals surface area (Å²) in [5, 5.41) is 4.52. The molecule has 2 heterocycles. The van der Waals surface area contributed by atoms with E-state index in [0.29, 0.717) is 0 Å². The van der Waals surface area contributed by atoms with Gasteiger partial charge in [-0.3, -0.25) is 0 Å². The average Bonchev–Trinajstić information content (AvgIpc) is 2.95. The van der Waals surface area contributed by atoms with E-state index in [0.717, 1.165) is 9.88 Å². The molecule has 17 heavy (non-hydrogen) atoms. The molecular formula is C13H12N2S2. The summed E-state index contributed by atoms with van der Waals surface area (Å²) in [5.41, 5.74) is 7.09. The third-order valence-corrected chi connectivity index (χ3v) is 4.88. The van der Waals surface area contributed by atoms with Crippen molar-refractivity contribution in [3.63, 3.8) is 0 Å². The van der Waals surface area contributed by atoms with Gasteiger partial charge in [-0.25, -0.2) is 4.98 Å². The summed E-state index contributed by atoms with van der Waals surface area (Å²) in [7, 11) is 0. The molecule has 0 aliphatic rings. The van der Waals surface area contributed by atoms with Crippen molar-refractivity contribution in [1.82, 2.24) is 4.98 Å². The van der Waals surface area contributed by atoms with Crippen molar-refractivity contribution >= 4 is 32.8 Å². The molecule has 86 valence electrons. The zero-order valence-corrected chi connectivity index (χ0v) is 11.0. The fraction of sp³-hybridized carbons (Fsp3) is 0.154. The number of benzene rings is 1. The lowest BCUT2D eigenvalue weighted by atomic mass is 10.2. The number of hydrogen-bond acceptors (Lipinski definition) is 4. The van der Waals surface area contributed by atoms with Gasteiger partial charge in [-0.15, -0.1) is 22.7 Å². The lowest BCUT2D eigenvalue weighted by Gasteiger charge is -1.97. The van der Waals surface area contributed by atoms with Gasteiger partial charge in [0, 0.05) is 38.1 Å². The molecule has 0 spiro atoms. The van der Waals surface area contributed by atoms with Crippen LogP contribution in [0.2, 0.25) is 0 Å². The van der Waals surface area contributed by atoms with E-state index in [-0.39, 0.29) is 6.04 Å². The quantitative estimate of drug-likeness (QED) is 0.755. The molecule has 4 heteroatoms. The molecule has 2 N–H and O–H groups in total. The number of hydrogen-bond donors (Lipinski definition) is 1. The zero-order chi connectivity index (χ0) is 11.8. The zero-order valence-electron chi connectivity index (χ0n) is 9.38. The molecule has 2 aromatic heterocycles. The normalized spacial score (nSPS) is 13.1. The van der Waals surface area contributed by atoms with Crippen molar-refractivity contribution in [1.29, 1.82) is 0 Å². The Bertz CT molecular complexity index is 652. The maximum Gasteiger partial charge on any atom is 0.125 e. The summed E-state index contributed by atoms with van der Waals surface area (Å²) in [6, 6.07) is 8.49. The van der Waals surface area contributed by atoms with Gasteiger partial charge in [0.1, 0.15) is 5.01 Å². The maximum absolute atomic E-state index is 5.87. The third kappa shape index (κ3) is 1.88. The lowest BCUT2D eigenvalue weighted by molar-refractivity contribution is 0.835. The Morgan fingerprint density at radius 3 is 2.88 bits per heavy atom. The molecule has 0 fully saturated rings. The van der Waals surface area contributed by atoms with E-state index in [9.17, 15) is 0 Å². The van der Waals surface area contributed by atoms with Crippen LogP contribution in [0, 0.1) is 0 Å². The number of thiophene rings is 1. The second-order valence-electron chi connectivity index (χ2n) is 4.00. The minimum Gasteiger partial charge on any atom is -0.323 e. The van der Waals surface area contributed by atoms with E-state index in [1.807, 2.05) is 13.1 Å². The van der Waals surface area contributed by atoms with Gasteiger partial charge >= 0.3 is 0 Å². The van der Waals surface area contributed by atoms with Crippen LogP contribution in [0.3, 0.4) is 0 Å². The summed E-state index contributed by atoms with van der Waals surface area (Å²) in [6.07, 6.45) is 1.89. The summed E-state index contributed by atoms with van der Waals surface area (Å²) < 4.78 is 1.31. The molecule has 0 aliphatic carbocycles. The molecule has 0 amide bonds. The molecule has 0 saturated heterocycles. The Morgan fingerprint density at radius 1 is 1.29 bits per heavy atom. The predicted molar refractivity (Wildman–Crippen MR) is 75.5 cm³/mol. The smallest absolute Gasteiger partial charge is 0.125 e. The van der Waals surface area contributed by atoms with Crippen molar-refractivity contribution in [2.24, 2.45) is 5.73 Å². The molecule has 0 radical (unpaired) electrons. The highest BCUT2D eigenvalue weighted by molar-refractivity contribution is 7.19. The highest BCUT2D eigenvalue weighted by Crippen LogP contribution is 2.36. The Labute approximate surface area is 108 Å². The number of nitrogens with two attached hydrogens (primary N) is 1. The molecule has 1 atom stereocenters. The van der Waals surface area contributed by atoms with E-state index in [1.165, 1.54) is 15.6 Å². The number of thiazole rings is 1. The Kier molecular flexibility index (Phi) is 2.70. The number of rotatable bonds is 2. The number of aromatic nitrogens is 1. The fourth-order valence-electron chi connectivity index (χ4n) is 1.77. The van der Waals surface area contributed by atoms with Crippen LogP contribution < -0.4 is 5.73 Å². The fourth-order valence-corrected chi connectivity index (χ4v) is 3.68. The standard InChI is InChI=1S/C13H12N2S2/c1-8(14)12-6-15-13(17-12)10-7-16-11-5-3-2-4-9(10)11/h2-8H,14H2,1H3. The molecule has 2 nitrogen and oxygen atoms in total. The topological polar surface area (TPSA) is 38.9 Å². The van der Waals surface area contributed by atoms with Crippen LogP contribution in [0.15, 0.2) is 35.8 Å². The minimum absolute atomic E-state index is 0.0612. The van der Waals surface area contributed by atoms with Crippen LogP contribution in [-0.4, -0.2) is 4.98 Å². The predicted octanol–water partition coefficient (Wildman–Crippen LogP) is 4.04. The van der Waals surface area contributed by atoms with Crippen molar-refractivity contribution in [3.05, 3.63) is 40.7 Å². The van der Waals surface area contributed by atoms with Crippen molar-refractivity contribution in [3.8, 4) is 10.6 Å². The highest BCUT2D eigenvalue weighted by atomic mass is 32.1. The molecule has 0 saturated carbocycles. The second kappa shape index (κ2) is 4.22. The van der Waals surface area contributed by atoms with Gasteiger partial charge in [0.25, 0.3) is 0 Å². The molecule has 0 bridgehead atoms. The highest BCUT2D eigenvalue weighted by Gasteiger charge is 2.11. The first-order valence-corrected chi connectivity index (χ1v) is 7.13.